The maximum atomic E-state index is 5.78. The lowest BCUT2D eigenvalue weighted by Gasteiger charge is -2.28. The topological polar surface area (TPSA) is 104 Å². The normalized spacial score (nSPS) is 37.9. The molecule has 8 N–H and O–H groups in total. The molecule has 2 unspecified atom stereocenters. The maximum absolute atomic E-state index is 5.78. The molecule has 11 heavy (non-hydrogen) atoms. The number of rotatable bonds is 0. The molecule has 4 nitrogen and oxygen atoms in total. The minimum atomic E-state index is -1.10. The van der Waals surface area contributed by atoms with E-state index in [1.165, 1.54) is 6.08 Å². The Morgan fingerprint density at radius 2 is 1.91 bits per heavy atom. The highest BCUT2D eigenvalue weighted by atomic mass is 35.5. The first-order valence-electron chi connectivity index (χ1n) is 3.13. The van der Waals surface area contributed by atoms with Gasteiger partial charge in [0.15, 0.2) is 0 Å². The van der Waals surface area contributed by atoms with Crippen molar-refractivity contribution in [1.82, 2.24) is 0 Å². The molecule has 0 aromatic rings. The molecule has 62 valence electrons. The molecule has 2 atom stereocenters. The SMILES string of the molecule is NC1=CC(N)C(N)(Cl)C=C1N. The maximum Gasteiger partial charge on any atom is 0.131 e. The predicted molar refractivity (Wildman–Crippen MR) is 45.3 cm³/mol. The third kappa shape index (κ3) is 1.48. The van der Waals surface area contributed by atoms with E-state index in [1.807, 2.05) is 0 Å². The number of nitrogens with two attached hydrogens (primary N) is 4. The van der Waals surface area contributed by atoms with E-state index in [0.29, 0.717) is 11.4 Å². The Kier molecular flexibility index (Phi) is 1.83. The minimum Gasteiger partial charge on any atom is -0.397 e. The summed E-state index contributed by atoms with van der Waals surface area (Å²) >= 11 is 5.78. The average Bonchev–Trinajstić information content (AvgIpc) is 1.83. The summed E-state index contributed by atoms with van der Waals surface area (Å²) in [6, 6.07) is -0.489. The Balaban J connectivity index is 2.98. The van der Waals surface area contributed by atoms with Gasteiger partial charge in [-0.05, 0) is 12.2 Å². The van der Waals surface area contributed by atoms with Crippen LogP contribution < -0.4 is 22.9 Å². The van der Waals surface area contributed by atoms with Gasteiger partial charge in [-0.3, -0.25) is 0 Å². The summed E-state index contributed by atoms with van der Waals surface area (Å²) in [5.74, 6) is 0. The molecular formula is C6H11ClN4. The van der Waals surface area contributed by atoms with Gasteiger partial charge in [-0.15, -0.1) is 0 Å². The summed E-state index contributed by atoms with van der Waals surface area (Å²) in [5.41, 5.74) is 22.8. The van der Waals surface area contributed by atoms with Crippen LogP contribution in [0, 0.1) is 0 Å². The quantitative estimate of drug-likeness (QED) is 0.277. The summed E-state index contributed by atoms with van der Waals surface area (Å²) in [6.07, 6.45) is 3.00. The van der Waals surface area contributed by atoms with Gasteiger partial charge in [0.2, 0.25) is 0 Å². The van der Waals surface area contributed by atoms with Gasteiger partial charge in [0.25, 0.3) is 0 Å². The zero-order chi connectivity index (χ0) is 8.65. The average molecular weight is 175 g/mol. The zero-order valence-electron chi connectivity index (χ0n) is 5.92. The van der Waals surface area contributed by atoms with E-state index in [0.717, 1.165) is 0 Å². The minimum absolute atomic E-state index is 0.379. The summed E-state index contributed by atoms with van der Waals surface area (Å²) in [6.45, 7) is 0. The van der Waals surface area contributed by atoms with Gasteiger partial charge in [0.05, 0.1) is 17.4 Å². The molecule has 0 bridgehead atoms. The van der Waals surface area contributed by atoms with Crippen LogP contribution in [0.1, 0.15) is 0 Å². The molecule has 0 aromatic heterocycles. The lowest BCUT2D eigenvalue weighted by molar-refractivity contribution is 0.623. The fourth-order valence-corrected chi connectivity index (χ4v) is 1.02. The molecule has 1 aliphatic carbocycles. The Morgan fingerprint density at radius 1 is 1.36 bits per heavy atom. The van der Waals surface area contributed by atoms with Crippen molar-refractivity contribution < 1.29 is 0 Å². The number of hydrogen-bond donors (Lipinski definition) is 4. The fourth-order valence-electron chi connectivity index (χ4n) is 0.835. The van der Waals surface area contributed by atoms with E-state index in [4.69, 9.17) is 34.5 Å². The van der Waals surface area contributed by atoms with Gasteiger partial charge >= 0.3 is 0 Å². The Morgan fingerprint density at radius 3 is 2.36 bits per heavy atom. The van der Waals surface area contributed by atoms with Crippen LogP contribution >= 0.6 is 11.6 Å². The first-order chi connectivity index (χ1) is 4.93. The third-order valence-electron chi connectivity index (χ3n) is 1.58. The van der Waals surface area contributed by atoms with Crippen molar-refractivity contribution in [2.45, 2.75) is 11.0 Å². The molecule has 1 aliphatic rings. The second-order valence-corrected chi connectivity index (χ2v) is 3.23. The molecule has 0 saturated carbocycles. The van der Waals surface area contributed by atoms with Gasteiger partial charge in [-0.25, -0.2) is 0 Å². The zero-order valence-corrected chi connectivity index (χ0v) is 6.68. The number of hydrogen-bond acceptors (Lipinski definition) is 4. The van der Waals surface area contributed by atoms with Crippen molar-refractivity contribution in [3.8, 4) is 0 Å². The molecule has 0 heterocycles. The van der Waals surface area contributed by atoms with Crippen LogP contribution in [-0.4, -0.2) is 11.0 Å². The first-order valence-corrected chi connectivity index (χ1v) is 3.50. The summed E-state index contributed by atoms with van der Waals surface area (Å²) < 4.78 is 0. The highest BCUT2D eigenvalue weighted by Gasteiger charge is 2.30. The molecule has 0 aromatic carbocycles. The van der Waals surface area contributed by atoms with Gasteiger partial charge < -0.3 is 22.9 Å². The van der Waals surface area contributed by atoms with E-state index >= 15 is 0 Å². The second-order valence-electron chi connectivity index (χ2n) is 2.57. The number of halogens is 1. The van der Waals surface area contributed by atoms with Crippen molar-refractivity contribution >= 4 is 11.6 Å². The van der Waals surface area contributed by atoms with Crippen molar-refractivity contribution in [3.05, 3.63) is 23.5 Å². The van der Waals surface area contributed by atoms with Crippen molar-refractivity contribution in [1.29, 1.82) is 0 Å². The van der Waals surface area contributed by atoms with Crippen LogP contribution in [0.25, 0.3) is 0 Å². The van der Waals surface area contributed by atoms with E-state index in [1.54, 1.807) is 6.08 Å². The Labute approximate surface area is 69.8 Å². The van der Waals surface area contributed by atoms with Crippen molar-refractivity contribution in [2.24, 2.45) is 22.9 Å². The fraction of sp³-hybridized carbons (Fsp3) is 0.333. The Hall–Kier alpha value is -0.710. The predicted octanol–water partition coefficient (Wildman–Crippen LogP) is -1.09. The van der Waals surface area contributed by atoms with Crippen molar-refractivity contribution in [2.75, 3.05) is 0 Å². The lowest BCUT2D eigenvalue weighted by Crippen LogP contribution is -2.51. The molecular weight excluding hydrogens is 164 g/mol. The molecule has 5 heteroatoms. The van der Waals surface area contributed by atoms with Crippen LogP contribution in [0.15, 0.2) is 23.5 Å². The molecule has 0 saturated heterocycles. The molecule has 0 aliphatic heterocycles. The second kappa shape index (κ2) is 2.41. The van der Waals surface area contributed by atoms with Gasteiger partial charge in [-0.2, -0.15) is 0 Å². The van der Waals surface area contributed by atoms with Crippen LogP contribution in [0.4, 0.5) is 0 Å². The van der Waals surface area contributed by atoms with Crippen LogP contribution in [-0.2, 0) is 0 Å². The summed E-state index contributed by atoms with van der Waals surface area (Å²) in [7, 11) is 0. The van der Waals surface area contributed by atoms with Crippen molar-refractivity contribution in [3.63, 3.8) is 0 Å². The standard InChI is InChI=1S/C6H11ClN4/c7-6(11)2-4(9)3(8)1-5(6)10/h1-2,5H,8-11H2. The Bertz CT molecular complexity index is 231. The van der Waals surface area contributed by atoms with E-state index in [2.05, 4.69) is 0 Å². The molecule has 0 amide bonds. The van der Waals surface area contributed by atoms with Crippen LogP contribution in [0.2, 0.25) is 0 Å². The highest BCUT2D eigenvalue weighted by Crippen LogP contribution is 2.21. The largest absolute Gasteiger partial charge is 0.397 e. The van der Waals surface area contributed by atoms with Crippen LogP contribution in [0.5, 0.6) is 0 Å². The van der Waals surface area contributed by atoms with Gasteiger partial charge in [-0.1, -0.05) is 11.6 Å². The monoisotopic (exact) mass is 174 g/mol. The van der Waals surface area contributed by atoms with Gasteiger partial charge in [0.1, 0.15) is 5.00 Å². The first kappa shape index (κ1) is 8.39. The molecule has 0 fully saturated rings. The molecule has 0 radical (unpaired) electrons. The number of alkyl halides is 1. The van der Waals surface area contributed by atoms with Gasteiger partial charge in [0, 0.05) is 0 Å². The van der Waals surface area contributed by atoms with Crippen LogP contribution in [0.3, 0.4) is 0 Å². The lowest BCUT2D eigenvalue weighted by atomic mass is 10.0. The molecule has 1 rings (SSSR count). The van der Waals surface area contributed by atoms with E-state index in [9.17, 15) is 0 Å². The van der Waals surface area contributed by atoms with E-state index in [-0.39, 0.29) is 0 Å². The highest BCUT2D eigenvalue weighted by molar-refractivity contribution is 6.25. The van der Waals surface area contributed by atoms with E-state index < -0.39 is 11.0 Å². The third-order valence-corrected chi connectivity index (χ3v) is 1.94. The summed E-state index contributed by atoms with van der Waals surface area (Å²) in [4.78, 5) is -1.10. The summed E-state index contributed by atoms with van der Waals surface area (Å²) in [5, 5.41) is 0. The smallest absolute Gasteiger partial charge is 0.131 e. The molecule has 0 spiro atoms.